The Bertz CT molecular complexity index is 955. The monoisotopic (exact) mass is 370 g/mol. The van der Waals surface area contributed by atoms with E-state index in [0.29, 0.717) is 5.56 Å². The molecule has 8 heteroatoms. The average molecular weight is 370 g/mol. The maximum Gasteiger partial charge on any atom is 0.269 e. The molecule has 2 N–H and O–H groups in total. The summed E-state index contributed by atoms with van der Waals surface area (Å²) in [6.45, 7) is 0.272. The van der Waals surface area contributed by atoms with Crippen LogP contribution in [-0.4, -0.2) is 26.5 Å². The van der Waals surface area contributed by atoms with Crippen molar-refractivity contribution in [2.45, 2.75) is 31.8 Å². The van der Waals surface area contributed by atoms with Gasteiger partial charge in [-0.15, -0.1) is 11.3 Å². The van der Waals surface area contributed by atoms with Crippen molar-refractivity contribution in [1.29, 1.82) is 0 Å². The van der Waals surface area contributed by atoms with Crippen molar-refractivity contribution >= 4 is 33.1 Å². The zero-order valence-corrected chi connectivity index (χ0v) is 14.8. The third kappa shape index (κ3) is 3.13. The van der Waals surface area contributed by atoms with E-state index in [0.717, 1.165) is 28.9 Å². The highest BCUT2D eigenvalue weighted by molar-refractivity contribution is 7.19. The molecule has 134 valence electrons. The van der Waals surface area contributed by atoms with E-state index in [1.165, 1.54) is 35.4 Å². The smallest absolute Gasteiger partial charge is 0.269 e. The molecule has 0 aliphatic heterocycles. The summed E-state index contributed by atoms with van der Waals surface area (Å²) in [6.07, 6.45) is 5.30. The lowest BCUT2D eigenvalue weighted by molar-refractivity contribution is -0.384. The number of benzene rings is 1. The van der Waals surface area contributed by atoms with Crippen molar-refractivity contribution in [3.05, 3.63) is 56.7 Å². The predicted molar refractivity (Wildman–Crippen MR) is 101 cm³/mol. The first-order chi connectivity index (χ1) is 12.6. The summed E-state index contributed by atoms with van der Waals surface area (Å²) in [5, 5.41) is 25.4. The summed E-state index contributed by atoms with van der Waals surface area (Å²) in [6, 6.07) is 5.95. The minimum atomic E-state index is -0.782. The van der Waals surface area contributed by atoms with Crippen molar-refractivity contribution in [3.63, 3.8) is 0 Å². The molecule has 0 saturated carbocycles. The molecule has 4 rings (SSSR count). The molecule has 7 nitrogen and oxygen atoms in total. The van der Waals surface area contributed by atoms with Crippen LogP contribution in [-0.2, 0) is 12.8 Å². The highest BCUT2D eigenvalue weighted by Gasteiger charge is 2.20. The number of fused-ring (bicyclic) bond motifs is 3. The fraction of sp³-hybridized carbons (Fsp3) is 0.333. The van der Waals surface area contributed by atoms with Crippen LogP contribution >= 0.6 is 11.3 Å². The maximum atomic E-state index is 10.7. The summed E-state index contributed by atoms with van der Waals surface area (Å²) in [7, 11) is 0. The Kier molecular flexibility index (Phi) is 4.52. The lowest BCUT2D eigenvalue weighted by Gasteiger charge is -2.15. The molecule has 2 aromatic heterocycles. The fourth-order valence-electron chi connectivity index (χ4n) is 3.35. The van der Waals surface area contributed by atoms with E-state index in [1.807, 2.05) is 0 Å². The molecule has 0 fully saturated rings. The van der Waals surface area contributed by atoms with Crippen LogP contribution in [0.1, 0.15) is 34.9 Å². The van der Waals surface area contributed by atoms with E-state index >= 15 is 0 Å². The summed E-state index contributed by atoms with van der Waals surface area (Å²) in [5.41, 5.74) is 1.97. The van der Waals surface area contributed by atoms with Crippen molar-refractivity contribution in [3.8, 4) is 0 Å². The number of aliphatic hydroxyl groups is 1. The standard InChI is InChI=1S/C18H18N4O3S/c23-14(11-5-7-12(8-6-11)22(24)25)9-19-17-16-13-3-1-2-4-15(13)26-18(16)21-10-20-17/h5-8,10,14,23H,1-4,9H2,(H,19,20,21)/t14-/m1/s1. The van der Waals surface area contributed by atoms with Gasteiger partial charge in [-0.1, -0.05) is 0 Å². The predicted octanol–water partition coefficient (Wildman–Crippen LogP) is 3.62. The molecule has 1 aliphatic carbocycles. The zero-order chi connectivity index (χ0) is 18.1. The molecular weight excluding hydrogens is 352 g/mol. The molecule has 2 heterocycles. The Morgan fingerprint density at radius 2 is 2.00 bits per heavy atom. The van der Waals surface area contributed by atoms with Gasteiger partial charge in [0.1, 0.15) is 17.0 Å². The number of non-ortho nitro benzene ring substituents is 1. The van der Waals surface area contributed by atoms with Crippen LogP contribution < -0.4 is 5.32 Å². The quantitative estimate of drug-likeness (QED) is 0.525. The lowest BCUT2D eigenvalue weighted by atomic mass is 9.97. The van der Waals surface area contributed by atoms with Crippen LogP contribution in [0.5, 0.6) is 0 Å². The molecule has 0 spiro atoms. The van der Waals surface area contributed by atoms with Crippen LogP contribution in [0.2, 0.25) is 0 Å². The molecule has 0 bridgehead atoms. The molecule has 1 aromatic carbocycles. The first-order valence-corrected chi connectivity index (χ1v) is 9.36. The second-order valence-corrected chi connectivity index (χ2v) is 7.44. The number of nitro benzene ring substituents is 1. The molecule has 0 radical (unpaired) electrons. The van der Waals surface area contributed by atoms with E-state index in [1.54, 1.807) is 29.8 Å². The Balaban J connectivity index is 1.54. The molecule has 1 atom stereocenters. The Labute approximate surface area is 153 Å². The minimum absolute atomic E-state index is 0.0105. The van der Waals surface area contributed by atoms with Crippen LogP contribution in [0.25, 0.3) is 10.2 Å². The summed E-state index contributed by atoms with van der Waals surface area (Å²) in [4.78, 5) is 21.4. The number of aliphatic hydroxyl groups excluding tert-OH is 1. The van der Waals surface area contributed by atoms with Gasteiger partial charge in [0, 0.05) is 23.6 Å². The number of nitrogens with one attached hydrogen (secondary N) is 1. The normalized spacial score (nSPS) is 14.8. The van der Waals surface area contributed by atoms with E-state index in [-0.39, 0.29) is 12.2 Å². The topological polar surface area (TPSA) is 101 Å². The summed E-state index contributed by atoms with van der Waals surface area (Å²) < 4.78 is 0. The molecule has 0 amide bonds. The summed E-state index contributed by atoms with van der Waals surface area (Å²) >= 11 is 1.73. The number of aromatic nitrogens is 2. The highest BCUT2D eigenvalue weighted by Crippen LogP contribution is 2.38. The summed E-state index contributed by atoms with van der Waals surface area (Å²) in [5.74, 6) is 0.746. The highest BCUT2D eigenvalue weighted by atomic mass is 32.1. The number of hydrogen-bond donors (Lipinski definition) is 2. The second kappa shape index (κ2) is 6.97. The molecule has 3 aromatic rings. The Hall–Kier alpha value is -2.58. The average Bonchev–Trinajstić information content (AvgIpc) is 3.05. The van der Waals surface area contributed by atoms with Crippen LogP contribution in [0, 0.1) is 10.1 Å². The van der Waals surface area contributed by atoms with Gasteiger partial charge in [0.2, 0.25) is 0 Å². The molecule has 0 unspecified atom stereocenters. The molecule has 1 aliphatic rings. The van der Waals surface area contributed by atoms with Crippen molar-refractivity contribution in [2.24, 2.45) is 0 Å². The van der Waals surface area contributed by atoms with Gasteiger partial charge in [-0.3, -0.25) is 10.1 Å². The van der Waals surface area contributed by atoms with E-state index < -0.39 is 11.0 Å². The largest absolute Gasteiger partial charge is 0.387 e. The fourth-order valence-corrected chi connectivity index (χ4v) is 4.58. The maximum absolute atomic E-state index is 10.7. The lowest BCUT2D eigenvalue weighted by Crippen LogP contribution is -2.13. The number of nitro groups is 1. The van der Waals surface area contributed by atoms with Gasteiger partial charge >= 0.3 is 0 Å². The second-order valence-electron chi connectivity index (χ2n) is 6.36. The van der Waals surface area contributed by atoms with Gasteiger partial charge in [-0.05, 0) is 48.9 Å². The number of anilines is 1. The zero-order valence-electron chi connectivity index (χ0n) is 14.0. The molecule has 0 saturated heterocycles. The number of rotatable bonds is 5. The number of nitrogens with zero attached hydrogens (tertiary/aromatic N) is 3. The third-order valence-corrected chi connectivity index (χ3v) is 5.90. The van der Waals surface area contributed by atoms with Gasteiger partial charge in [0.05, 0.1) is 16.4 Å². The van der Waals surface area contributed by atoms with Crippen molar-refractivity contribution in [2.75, 3.05) is 11.9 Å². The van der Waals surface area contributed by atoms with Gasteiger partial charge in [0.25, 0.3) is 5.69 Å². The van der Waals surface area contributed by atoms with E-state index in [4.69, 9.17) is 0 Å². The van der Waals surface area contributed by atoms with Gasteiger partial charge in [0.15, 0.2) is 0 Å². The Morgan fingerprint density at radius 3 is 2.77 bits per heavy atom. The van der Waals surface area contributed by atoms with Crippen LogP contribution in [0.3, 0.4) is 0 Å². The molecular formula is C18H18N4O3S. The van der Waals surface area contributed by atoms with Crippen molar-refractivity contribution < 1.29 is 10.0 Å². The van der Waals surface area contributed by atoms with Gasteiger partial charge in [-0.2, -0.15) is 0 Å². The number of hydrogen-bond acceptors (Lipinski definition) is 7. The van der Waals surface area contributed by atoms with Gasteiger partial charge < -0.3 is 10.4 Å². The number of thiophene rings is 1. The third-order valence-electron chi connectivity index (χ3n) is 4.70. The SMILES string of the molecule is O=[N+]([O-])c1ccc([C@H](O)CNc2ncnc3sc4c(c23)CCCC4)cc1. The van der Waals surface area contributed by atoms with Crippen LogP contribution in [0.4, 0.5) is 11.5 Å². The first-order valence-electron chi connectivity index (χ1n) is 8.55. The van der Waals surface area contributed by atoms with Crippen molar-refractivity contribution in [1.82, 2.24) is 9.97 Å². The molecule has 26 heavy (non-hydrogen) atoms. The number of aryl methyl sites for hydroxylation is 2. The first kappa shape index (κ1) is 16.9. The minimum Gasteiger partial charge on any atom is -0.387 e. The van der Waals surface area contributed by atoms with E-state index in [2.05, 4.69) is 15.3 Å². The van der Waals surface area contributed by atoms with E-state index in [9.17, 15) is 15.2 Å². The van der Waals surface area contributed by atoms with Gasteiger partial charge in [-0.25, -0.2) is 9.97 Å². The van der Waals surface area contributed by atoms with Crippen LogP contribution in [0.15, 0.2) is 30.6 Å². The Morgan fingerprint density at radius 1 is 1.23 bits per heavy atom.